The lowest BCUT2D eigenvalue weighted by Gasteiger charge is -2.19. The Morgan fingerprint density at radius 2 is 1.47 bits per heavy atom. The largest absolute Gasteiger partial charge is 0.494 e. The SMILES string of the molecule is CC(C)(C)OC(=O)CCNC(=O)c1ccc(OCCCc2ccc(-c3ccccc3)cc2)cc1. The summed E-state index contributed by atoms with van der Waals surface area (Å²) in [6.07, 6.45) is 1.98. The molecule has 0 bridgehead atoms. The molecule has 5 nitrogen and oxygen atoms in total. The molecule has 3 aromatic carbocycles. The molecule has 1 N–H and O–H groups in total. The van der Waals surface area contributed by atoms with Gasteiger partial charge in [-0.1, -0.05) is 54.6 Å². The smallest absolute Gasteiger partial charge is 0.308 e. The Kier molecular flexibility index (Phi) is 8.86. The van der Waals surface area contributed by atoms with Crippen LogP contribution in [0.15, 0.2) is 78.9 Å². The second-order valence-electron chi connectivity index (χ2n) is 9.13. The van der Waals surface area contributed by atoms with Gasteiger partial charge in [0.1, 0.15) is 11.4 Å². The van der Waals surface area contributed by atoms with Crippen molar-refractivity contribution in [3.8, 4) is 16.9 Å². The van der Waals surface area contributed by atoms with Crippen LogP contribution in [0.5, 0.6) is 5.75 Å². The van der Waals surface area contributed by atoms with Gasteiger partial charge in [0.2, 0.25) is 0 Å². The first-order valence-electron chi connectivity index (χ1n) is 11.7. The minimum absolute atomic E-state index is 0.138. The molecule has 0 aromatic heterocycles. The minimum Gasteiger partial charge on any atom is -0.494 e. The normalized spacial score (nSPS) is 11.0. The van der Waals surface area contributed by atoms with E-state index in [1.54, 1.807) is 24.3 Å². The summed E-state index contributed by atoms with van der Waals surface area (Å²) in [5.74, 6) is 0.169. The van der Waals surface area contributed by atoms with Gasteiger partial charge in [-0.05, 0) is 74.6 Å². The standard InChI is InChI=1S/C29H33NO4/c1-29(2,3)34-27(31)19-20-30-28(32)25-15-17-26(18-16-25)33-21-7-8-22-11-13-24(14-12-22)23-9-5-4-6-10-23/h4-6,9-18H,7-8,19-21H2,1-3H3,(H,30,32). The lowest BCUT2D eigenvalue weighted by atomic mass is 10.0. The van der Waals surface area contributed by atoms with Crippen LogP contribution >= 0.6 is 0 Å². The van der Waals surface area contributed by atoms with Gasteiger partial charge in [-0.25, -0.2) is 0 Å². The lowest BCUT2D eigenvalue weighted by Crippen LogP contribution is -2.29. The van der Waals surface area contributed by atoms with Crippen LogP contribution in [0.1, 0.15) is 49.5 Å². The van der Waals surface area contributed by atoms with E-state index in [2.05, 4.69) is 41.7 Å². The summed E-state index contributed by atoms with van der Waals surface area (Å²) >= 11 is 0. The van der Waals surface area contributed by atoms with Crippen molar-refractivity contribution in [2.24, 2.45) is 0 Å². The van der Waals surface area contributed by atoms with E-state index in [4.69, 9.17) is 9.47 Å². The zero-order chi connectivity index (χ0) is 24.4. The molecule has 1 amide bonds. The molecule has 0 heterocycles. The molecular formula is C29H33NO4. The van der Waals surface area contributed by atoms with Crippen molar-refractivity contribution in [1.82, 2.24) is 5.32 Å². The maximum absolute atomic E-state index is 12.3. The maximum Gasteiger partial charge on any atom is 0.308 e. The summed E-state index contributed by atoms with van der Waals surface area (Å²) in [6, 6.07) is 26.0. The number of esters is 1. The lowest BCUT2D eigenvalue weighted by molar-refractivity contribution is -0.154. The fourth-order valence-electron chi connectivity index (χ4n) is 3.44. The number of rotatable bonds is 10. The highest BCUT2D eigenvalue weighted by atomic mass is 16.6. The van der Waals surface area contributed by atoms with E-state index in [0.29, 0.717) is 12.2 Å². The number of carbonyl (C=O) groups excluding carboxylic acids is 2. The molecule has 0 saturated heterocycles. The molecule has 0 atom stereocenters. The molecule has 0 aliphatic carbocycles. The quantitative estimate of drug-likeness (QED) is 0.306. The summed E-state index contributed by atoms with van der Waals surface area (Å²) in [7, 11) is 0. The van der Waals surface area contributed by atoms with Crippen molar-refractivity contribution in [2.45, 2.75) is 45.6 Å². The van der Waals surface area contributed by atoms with Crippen molar-refractivity contribution in [3.63, 3.8) is 0 Å². The van der Waals surface area contributed by atoms with Crippen LogP contribution in [-0.4, -0.2) is 30.6 Å². The highest BCUT2D eigenvalue weighted by molar-refractivity contribution is 5.94. The number of hydrogen-bond acceptors (Lipinski definition) is 4. The molecule has 0 saturated carbocycles. The molecule has 178 valence electrons. The summed E-state index contributed by atoms with van der Waals surface area (Å²) in [5.41, 5.74) is 3.72. The summed E-state index contributed by atoms with van der Waals surface area (Å²) in [5, 5.41) is 2.74. The van der Waals surface area contributed by atoms with Gasteiger partial charge < -0.3 is 14.8 Å². The zero-order valence-electron chi connectivity index (χ0n) is 20.2. The molecule has 3 aromatic rings. The summed E-state index contributed by atoms with van der Waals surface area (Å²) in [4.78, 5) is 24.0. The average Bonchev–Trinajstić information content (AvgIpc) is 2.82. The van der Waals surface area contributed by atoms with Crippen LogP contribution in [0.3, 0.4) is 0 Å². The maximum atomic E-state index is 12.3. The molecule has 3 rings (SSSR count). The van der Waals surface area contributed by atoms with E-state index >= 15 is 0 Å². The molecule has 0 radical (unpaired) electrons. The first-order chi connectivity index (χ1) is 16.3. The Labute approximate surface area is 202 Å². The van der Waals surface area contributed by atoms with Crippen molar-refractivity contribution in [3.05, 3.63) is 90.0 Å². The Hall–Kier alpha value is -3.60. The molecule has 0 spiro atoms. The third-order valence-corrected chi connectivity index (χ3v) is 5.09. The Morgan fingerprint density at radius 3 is 2.12 bits per heavy atom. The number of nitrogens with one attached hydrogen (secondary N) is 1. The van der Waals surface area contributed by atoms with E-state index in [0.717, 1.165) is 18.6 Å². The van der Waals surface area contributed by atoms with E-state index in [-0.39, 0.29) is 24.8 Å². The number of aryl methyl sites for hydroxylation is 1. The molecule has 0 fully saturated rings. The number of amides is 1. The zero-order valence-corrected chi connectivity index (χ0v) is 20.2. The molecular weight excluding hydrogens is 426 g/mol. The Bertz CT molecular complexity index is 1050. The van der Waals surface area contributed by atoms with Crippen molar-refractivity contribution in [1.29, 1.82) is 0 Å². The first-order valence-corrected chi connectivity index (χ1v) is 11.7. The first kappa shape index (κ1) is 25.0. The number of ether oxygens (including phenoxy) is 2. The second-order valence-corrected chi connectivity index (χ2v) is 9.13. The van der Waals surface area contributed by atoms with Gasteiger partial charge in [0.25, 0.3) is 5.91 Å². The van der Waals surface area contributed by atoms with Crippen LogP contribution in [0.4, 0.5) is 0 Å². The predicted octanol–water partition coefficient (Wildman–Crippen LogP) is 5.83. The molecule has 0 unspecified atom stereocenters. The molecule has 34 heavy (non-hydrogen) atoms. The summed E-state index contributed by atoms with van der Waals surface area (Å²) < 4.78 is 11.1. The predicted molar refractivity (Wildman–Crippen MR) is 135 cm³/mol. The van der Waals surface area contributed by atoms with Gasteiger partial charge >= 0.3 is 5.97 Å². The summed E-state index contributed by atoms with van der Waals surface area (Å²) in [6.45, 7) is 6.28. The van der Waals surface area contributed by atoms with Crippen molar-refractivity contribution in [2.75, 3.05) is 13.2 Å². The van der Waals surface area contributed by atoms with E-state index < -0.39 is 5.60 Å². The Morgan fingerprint density at radius 1 is 0.824 bits per heavy atom. The number of carbonyl (C=O) groups is 2. The van der Waals surface area contributed by atoms with Gasteiger partial charge in [0, 0.05) is 12.1 Å². The van der Waals surface area contributed by atoms with Gasteiger partial charge in [-0.2, -0.15) is 0 Å². The number of benzene rings is 3. The van der Waals surface area contributed by atoms with Crippen LogP contribution < -0.4 is 10.1 Å². The fourth-order valence-corrected chi connectivity index (χ4v) is 3.44. The Balaban J connectivity index is 1.36. The van der Waals surface area contributed by atoms with Gasteiger partial charge in [0.15, 0.2) is 0 Å². The van der Waals surface area contributed by atoms with E-state index in [1.165, 1.54) is 16.7 Å². The average molecular weight is 460 g/mol. The van der Waals surface area contributed by atoms with Gasteiger partial charge in [-0.3, -0.25) is 9.59 Å². The molecule has 0 aliphatic heterocycles. The highest BCUT2D eigenvalue weighted by Gasteiger charge is 2.16. The van der Waals surface area contributed by atoms with Crippen LogP contribution in [-0.2, 0) is 16.0 Å². The van der Waals surface area contributed by atoms with Crippen molar-refractivity contribution < 1.29 is 19.1 Å². The molecule has 0 aliphatic rings. The third kappa shape index (κ3) is 8.39. The molecule has 5 heteroatoms. The monoisotopic (exact) mass is 459 g/mol. The van der Waals surface area contributed by atoms with Crippen LogP contribution in [0.2, 0.25) is 0 Å². The van der Waals surface area contributed by atoms with Gasteiger partial charge in [0.05, 0.1) is 13.0 Å². The second kappa shape index (κ2) is 12.0. The van der Waals surface area contributed by atoms with Crippen LogP contribution in [0, 0.1) is 0 Å². The number of hydrogen-bond donors (Lipinski definition) is 1. The van der Waals surface area contributed by atoms with Gasteiger partial charge in [-0.15, -0.1) is 0 Å². The third-order valence-electron chi connectivity index (χ3n) is 5.09. The van der Waals surface area contributed by atoms with Crippen molar-refractivity contribution >= 4 is 11.9 Å². The minimum atomic E-state index is -0.524. The van der Waals surface area contributed by atoms with Crippen LogP contribution in [0.25, 0.3) is 11.1 Å². The van der Waals surface area contributed by atoms with E-state index in [1.807, 2.05) is 39.0 Å². The highest BCUT2D eigenvalue weighted by Crippen LogP contribution is 2.20. The fraction of sp³-hybridized carbons (Fsp3) is 0.310. The topological polar surface area (TPSA) is 64.6 Å². The van der Waals surface area contributed by atoms with E-state index in [9.17, 15) is 9.59 Å².